The summed E-state index contributed by atoms with van der Waals surface area (Å²) in [5.74, 6) is 2.77. The molecule has 1 aromatic carbocycles. The van der Waals surface area contributed by atoms with Crippen molar-refractivity contribution in [1.82, 2.24) is 20.1 Å². The van der Waals surface area contributed by atoms with Crippen LogP contribution in [0.15, 0.2) is 35.0 Å². The van der Waals surface area contributed by atoms with E-state index in [1.165, 1.54) is 0 Å². The topological polar surface area (TPSA) is 65.1 Å². The Balaban J connectivity index is 1.46. The molecule has 0 bridgehead atoms. The third-order valence-electron chi connectivity index (χ3n) is 4.15. The van der Waals surface area contributed by atoms with Gasteiger partial charge < -0.3 is 14.5 Å². The summed E-state index contributed by atoms with van der Waals surface area (Å²) in [5, 5.41) is 8.86. The summed E-state index contributed by atoms with van der Waals surface area (Å²) in [4.78, 5) is 4.25. The summed E-state index contributed by atoms with van der Waals surface area (Å²) in [7, 11) is 1.66. The van der Waals surface area contributed by atoms with E-state index in [2.05, 4.69) is 21.5 Å². The lowest BCUT2D eigenvalue weighted by molar-refractivity contribution is 0.345. The van der Waals surface area contributed by atoms with E-state index < -0.39 is 0 Å². The van der Waals surface area contributed by atoms with E-state index >= 15 is 0 Å². The average Bonchev–Trinajstić information content (AvgIpc) is 3.17. The second-order valence-electron chi connectivity index (χ2n) is 5.57. The van der Waals surface area contributed by atoms with E-state index in [1.54, 1.807) is 13.4 Å². The number of para-hydroxylation sites is 1. The first-order valence-electron chi connectivity index (χ1n) is 7.49. The Hall–Kier alpha value is -2.34. The summed E-state index contributed by atoms with van der Waals surface area (Å²) >= 11 is 0. The van der Waals surface area contributed by atoms with Crippen LogP contribution in [-0.4, -0.2) is 27.9 Å². The maximum Gasteiger partial charge on any atom is 0.176 e. The molecule has 0 saturated carbocycles. The fourth-order valence-corrected chi connectivity index (χ4v) is 2.99. The number of aryl methyl sites for hydroxylation is 1. The first-order valence-corrected chi connectivity index (χ1v) is 7.49. The summed E-state index contributed by atoms with van der Waals surface area (Å²) in [5.41, 5.74) is 0.809. The zero-order valence-corrected chi connectivity index (χ0v) is 12.5. The molecule has 0 radical (unpaired) electrons. The standard InChI is InChI=1S/C16H18N4O2/c1-21-14-4-2-3-11-7-13(22-16(11)14)8-17-12-5-6-15-18-10-19-20(15)9-12/h2-4,7,10,12,17H,5-6,8-9H2,1H3. The number of rotatable bonds is 4. The largest absolute Gasteiger partial charge is 0.493 e. The number of fused-ring (bicyclic) bond motifs is 2. The van der Waals surface area contributed by atoms with Gasteiger partial charge in [0.25, 0.3) is 0 Å². The summed E-state index contributed by atoms with van der Waals surface area (Å²) in [6, 6.07) is 8.38. The fraction of sp³-hybridized carbons (Fsp3) is 0.375. The Morgan fingerprint density at radius 3 is 3.32 bits per heavy atom. The molecular weight excluding hydrogens is 280 g/mol. The van der Waals surface area contributed by atoms with Gasteiger partial charge in [0.1, 0.15) is 17.9 Å². The number of benzene rings is 1. The first-order chi connectivity index (χ1) is 10.8. The highest BCUT2D eigenvalue weighted by Crippen LogP contribution is 2.28. The number of methoxy groups -OCH3 is 1. The number of nitrogens with zero attached hydrogens (tertiary/aromatic N) is 3. The van der Waals surface area contributed by atoms with Crippen LogP contribution in [0.25, 0.3) is 11.0 Å². The molecule has 3 heterocycles. The second kappa shape index (κ2) is 5.46. The van der Waals surface area contributed by atoms with E-state index in [4.69, 9.17) is 9.15 Å². The van der Waals surface area contributed by atoms with Crippen molar-refractivity contribution in [3.63, 3.8) is 0 Å². The van der Waals surface area contributed by atoms with Gasteiger partial charge in [-0.05, 0) is 18.6 Å². The zero-order valence-electron chi connectivity index (χ0n) is 12.5. The van der Waals surface area contributed by atoms with Crippen molar-refractivity contribution >= 4 is 11.0 Å². The molecule has 1 aliphatic heterocycles. The molecule has 3 aromatic rings. The Morgan fingerprint density at radius 1 is 1.45 bits per heavy atom. The van der Waals surface area contributed by atoms with Crippen LogP contribution in [0.1, 0.15) is 18.0 Å². The van der Waals surface area contributed by atoms with Crippen LogP contribution in [0, 0.1) is 0 Å². The van der Waals surface area contributed by atoms with Crippen LogP contribution in [0.5, 0.6) is 5.75 Å². The van der Waals surface area contributed by atoms with Crippen LogP contribution in [-0.2, 0) is 19.5 Å². The molecule has 6 heteroatoms. The SMILES string of the molecule is COc1cccc2cc(CNC3CCc4ncnn4C3)oc12. The summed E-state index contributed by atoms with van der Waals surface area (Å²) < 4.78 is 13.2. The minimum absolute atomic E-state index is 0.393. The molecule has 6 nitrogen and oxygen atoms in total. The highest BCUT2D eigenvalue weighted by molar-refractivity contribution is 5.83. The molecule has 0 aliphatic carbocycles. The summed E-state index contributed by atoms with van der Waals surface area (Å²) in [6.45, 7) is 1.56. The van der Waals surface area contributed by atoms with Gasteiger partial charge in [0, 0.05) is 17.8 Å². The molecule has 0 saturated heterocycles. The van der Waals surface area contributed by atoms with Gasteiger partial charge in [0.2, 0.25) is 0 Å². The third-order valence-corrected chi connectivity index (χ3v) is 4.15. The van der Waals surface area contributed by atoms with Crippen LogP contribution in [0.2, 0.25) is 0 Å². The lowest BCUT2D eigenvalue weighted by Crippen LogP contribution is -2.37. The van der Waals surface area contributed by atoms with E-state index in [1.807, 2.05) is 22.9 Å². The maximum absolute atomic E-state index is 5.91. The number of aromatic nitrogens is 3. The minimum Gasteiger partial charge on any atom is -0.493 e. The second-order valence-corrected chi connectivity index (χ2v) is 5.57. The van der Waals surface area contributed by atoms with Gasteiger partial charge in [-0.3, -0.25) is 0 Å². The minimum atomic E-state index is 0.393. The quantitative estimate of drug-likeness (QED) is 0.799. The zero-order chi connectivity index (χ0) is 14.9. The molecule has 114 valence electrons. The Bertz CT molecular complexity index is 792. The Kier molecular flexibility index (Phi) is 3.31. The van der Waals surface area contributed by atoms with Crippen molar-refractivity contribution in [2.24, 2.45) is 0 Å². The molecule has 1 unspecified atom stereocenters. The predicted molar refractivity (Wildman–Crippen MR) is 81.7 cm³/mol. The molecule has 0 fully saturated rings. The molecule has 2 aromatic heterocycles. The predicted octanol–water partition coefficient (Wildman–Crippen LogP) is 2.14. The Labute approximate surface area is 128 Å². The van der Waals surface area contributed by atoms with Crippen LogP contribution < -0.4 is 10.1 Å². The van der Waals surface area contributed by atoms with Gasteiger partial charge in [0.15, 0.2) is 11.3 Å². The Morgan fingerprint density at radius 2 is 2.41 bits per heavy atom. The molecule has 0 spiro atoms. The number of furan rings is 1. The summed E-state index contributed by atoms with van der Waals surface area (Å²) in [6.07, 6.45) is 3.66. The lowest BCUT2D eigenvalue weighted by atomic mass is 10.1. The lowest BCUT2D eigenvalue weighted by Gasteiger charge is -2.23. The third kappa shape index (κ3) is 2.35. The fourth-order valence-electron chi connectivity index (χ4n) is 2.99. The van der Waals surface area contributed by atoms with Gasteiger partial charge in [-0.1, -0.05) is 12.1 Å². The highest BCUT2D eigenvalue weighted by Gasteiger charge is 2.19. The molecule has 4 rings (SSSR count). The van der Waals surface area contributed by atoms with E-state index in [0.717, 1.165) is 47.7 Å². The van der Waals surface area contributed by atoms with Gasteiger partial charge in [-0.2, -0.15) is 5.10 Å². The normalized spacial score (nSPS) is 17.6. The molecular formula is C16H18N4O2. The molecule has 1 aliphatic rings. The van der Waals surface area contributed by atoms with Crippen LogP contribution in [0.3, 0.4) is 0 Å². The highest BCUT2D eigenvalue weighted by atomic mass is 16.5. The smallest absolute Gasteiger partial charge is 0.176 e. The van der Waals surface area contributed by atoms with E-state index in [-0.39, 0.29) is 0 Å². The van der Waals surface area contributed by atoms with Gasteiger partial charge in [-0.25, -0.2) is 9.67 Å². The number of nitrogens with one attached hydrogen (secondary N) is 1. The van der Waals surface area contributed by atoms with Crippen molar-refractivity contribution < 1.29 is 9.15 Å². The van der Waals surface area contributed by atoms with E-state index in [0.29, 0.717) is 12.6 Å². The monoisotopic (exact) mass is 298 g/mol. The van der Waals surface area contributed by atoms with Gasteiger partial charge in [0.05, 0.1) is 20.2 Å². The number of hydrogen-bond donors (Lipinski definition) is 1. The number of ether oxygens (including phenoxy) is 1. The van der Waals surface area contributed by atoms with E-state index in [9.17, 15) is 0 Å². The number of hydrogen-bond acceptors (Lipinski definition) is 5. The van der Waals surface area contributed by atoms with Crippen molar-refractivity contribution in [3.05, 3.63) is 42.2 Å². The van der Waals surface area contributed by atoms with Crippen molar-refractivity contribution in [3.8, 4) is 5.75 Å². The maximum atomic E-state index is 5.91. The van der Waals surface area contributed by atoms with Gasteiger partial charge in [-0.15, -0.1) is 0 Å². The first kappa shape index (κ1) is 13.3. The van der Waals surface area contributed by atoms with Crippen molar-refractivity contribution in [1.29, 1.82) is 0 Å². The average molecular weight is 298 g/mol. The molecule has 22 heavy (non-hydrogen) atoms. The molecule has 1 atom stereocenters. The molecule has 1 N–H and O–H groups in total. The van der Waals surface area contributed by atoms with Crippen molar-refractivity contribution in [2.75, 3.05) is 7.11 Å². The van der Waals surface area contributed by atoms with Gasteiger partial charge >= 0.3 is 0 Å². The molecule has 0 amide bonds. The van der Waals surface area contributed by atoms with Crippen molar-refractivity contribution in [2.45, 2.75) is 32.0 Å². The van der Waals surface area contributed by atoms with Crippen LogP contribution >= 0.6 is 0 Å². The van der Waals surface area contributed by atoms with Crippen LogP contribution in [0.4, 0.5) is 0 Å².